The first kappa shape index (κ1) is 9.21. The molecule has 0 unspecified atom stereocenters. The molecule has 1 atom stereocenters. The fourth-order valence-electron chi connectivity index (χ4n) is 1.86. The molecular weight excluding hydrogens is 178 g/mol. The molecule has 14 heavy (non-hydrogen) atoms. The van der Waals surface area contributed by atoms with Crippen molar-refractivity contribution in [2.75, 3.05) is 13.2 Å². The second-order valence-electron chi connectivity index (χ2n) is 3.51. The molecule has 74 valence electrons. The topological polar surface area (TPSA) is 52.3 Å². The van der Waals surface area contributed by atoms with Gasteiger partial charge in [-0.15, -0.1) is 0 Å². The van der Waals surface area contributed by atoms with E-state index in [1.165, 1.54) is 0 Å². The molecule has 2 rings (SSSR count). The number of hydrogen-bond acceptors (Lipinski definition) is 2. The van der Waals surface area contributed by atoms with E-state index >= 15 is 0 Å². The molecule has 0 radical (unpaired) electrons. The van der Waals surface area contributed by atoms with Gasteiger partial charge in [0, 0.05) is 18.1 Å². The maximum Gasteiger partial charge on any atom is 0.248 e. The van der Waals surface area contributed by atoms with Crippen LogP contribution in [-0.2, 0) is 4.74 Å². The van der Waals surface area contributed by atoms with Crippen molar-refractivity contribution in [2.45, 2.75) is 12.3 Å². The van der Waals surface area contributed by atoms with Gasteiger partial charge in [0.25, 0.3) is 0 Å². The van der Waals surface area contributed by atoms with Crippen LogP contribution in [0.25, 0.3) is 0 Å². The number of rotatable bonds is 2. The predicted octanol–water partition coefficient (Wildman–Crippen LogP) is 1.29. The van der Waals surface area contributed by atoms with E-state index in [-0.39, 0.29) is 5.91 Å². The number of benzene rings is 1. The Morgan fingerprint density at radius 1 is 1.43 bits per heavy atom. The monoisotopic (exact) mass is 191 g/mol. The van der Waals surface area contributed by atoms with Crippen LogP contribution in [-0.4, -0.2) is 19.1 Å². The Morgan fingerprint density at radius 2 is 2.21 bits per heavy atom. The van der Waals surface area contributed by atoms with Gasteiger partial charge in [0.2, 0.25) is 5.91 Å². The van der Waals surface area contributed by atoms with Crippen molar-refractivity contribution < 1.29 is 9.53 Å². The largest absolute Gasteiger partial charge is 0.381 e. The zero-order valence-electron chi connectivity index (χ0n) is 7.90. The zero-order valence-corrected chi connectivity index (χ0v) is 7.90. The van der Waals surface area contributed by atoms with Crippen molar-refractivity contribution in [3.05, 3.63) is 35.4 Å². The van der Waals surface area contributed by atoms with Crippen LogP contribution in [0.5, 0.6) is 0 Å². The number of ether oxygens (including phenoxy) is 1. The third kappa shape index (κ3) is 1.63. The Kier molecular flexibility index (Phi) is 2.50. The summed E-state index contributed by atoms with van der Waals surface area (Å²) in [6, 6.07) is 7.49. The summed E-state index contributed by atoms with van der Waals surface area (Å²) in [6.45, 7) is 1.47. The number of nitrogens with two attached hydrogens (primary N) is 1. The molecule has 1 aromatic rings. The molecule has 0 aliphatic carbocycles. The van der Waals surface area contributed by atoms with Gasteiger partial charge in [0.05, 0.1) is 6.61 Å². The Labute approximate surface area is 82.9 Å². The Bertz CT molecular complexity index is 343. The van der Waals surface area contributed by atoms with Gasteiger partial charge in [-0.25, -0.2) is 0 Å². The highest BCUT2D eigenvalue weighted by Crippen LogP contribution is 2.27. The third-order valence-corrected chi connectivity index (χ3v) is 2.60. The maximum atomic E-state index is 11.2. The van der Waals surface area contributed by atoms with Gasteiger partial charge in [0.15, 0.2) is 0 Å². The van der Waals surface area contributed by atoms with Crippen LogP contribution in [0.4, 0.5) is 0 Å². The second kappa shape index (κ2) is 3.80. The minimum absolute atomic E-state index is 0.332. The summed E-state index contributed by atoms with van der Waals surface area (Å²) in [5, 5.41) is 0. The summed E-state index contributed by atoms with van der Waals surface area (Å²) < 4.78 is 5.29. The van der Waals surface area contributed by atoms with Crippen LogP contribution >= 0.6 is 0 Å². The van der Waals surface area contributed by atoms with Crippen molar-refractivity contribution in [1.82, 2.24) is 0 Å². The average molecular weight is 191 g/mol. The number of hydrogen-bond donors (Lipinski definition) is 1. The lowest BCUT2D eigenvalue weighted by Crippen LogP contribution is -2.15. The molecule has 1 aliphatic heterocycles. The van der Waals surface area contributed by atoms with Crippen molar-refractivity contribution in [2.24, 2.45) is 5.73 Å². The highest BCUT2D eigenvalue weighted by atomic mass is 16.5. The number of carbonyl (C=O) groups is 1. The van der Waals surface area contributed by atoms with Crippen LogP contribution in [0.1, 0.15) is 28.3 Å². The molecule has 0 aromatic heterocycles. The van der Waals surface area contributed by atoms with Gasteiger partial charge >= 0.3 is 0 Å². The first-order chi connectivity index (χ1) is 6.79. The summed E-state index contributed by atoms with van der Waals surface area (Å²) in [7, 11) is 0. The Balaban J connectivity index is 2.35. The van der Waals surface area contributed by atoms with E-state index in [0.29, 0.717) is 18.1 Å². The molecule has 1 amide bonds. The molecule has 1 aromatic carbocycles. The molecule has 0 bridgehead atoms. The number of primary amides is 1. The zero-order chi connectivity index (χ0) is 9.97. The summed E-state index contributed by atoms with van der Waals surface area (Å²) in [5.41, 5.74) is 6.96. The van der Waals surface area contributed by atoms with Gasteiger partial charge in [-0.05, 0) is 18.1 Å². The van der Waals surface area contributed by atoms with E-state index in [2.05, 4.69) is 0 Å². The van der Waals surface area contributed by atoms with Crippen molar-refractivity contribution in [3.8, 4) is 0 Å². The molecule has 1 heterocycles. The standard InChI is InChI=1S/C11H13NO2/c12-11(13)10-4-2-1-3-9(10)8-5-6-14-7-8/h1-4,8H,5-7H2,(H2,12,13)/t8-/m0/s1. The van der Waals surface area contributed by atoms with Crippen LogP contribution in [0.2, 0.25) is 0 Å². The fourth-order valence-corrected chi connectivity index (χ4v) is 1.86. The predicted molar refractivity (Wildman–Crippen MR) is 53.1 cm³/mol. The maximum absolute atomic E-state index is 11.2. The molecule has 3 nitrogen and oxygen atoms in total. The van der Waals surface area contributed by atoms with Crippen LogP contribution in [0, 0.1) is 0 Å². The van der Waals surface area contributed by atoms with Gasteiger partial charge in [-0.1, -0.05) is 18.2 Å². The lowest BCUT2D eigenvalue weighted by molar-refractivity contribution is 0.0999. The minimum Gasteiger partial charge on any atom is -0.381 e. The molecule has 1 fully saturated rings. The van der Waals surface area contributed by atoms with Crippen LogP contribution < -0.4 is 5.73 Å². The molecule has 2 N–H and O–H groups in total. The normalized spacial score (nSPS) is 21.0. The molecule has 1 aliphatic rings. The SMILES string of the molecule is NC(=O)c1ccccc1[C@H]1CCOC1. The first-order valence-electron chi connectivity index (χ1n) is 4.75. The summed E-state index contributed by atoms with van der Waals surface area (Å²) >= 11 is 0. The van der Waals surface area contributed by atoms with Crippen LogP contribution in [0.15, 0.2) is 24.3 Å². The quantitative estimate of drug-likeness (QED) is 0.765. The smallest absolute Gasteiger partial charge is 0.248 e. The third-order valence-electron chi connectivity index (χ3n) is 2.60. The minimum atomic E-state index is -0.354. The molecule has 1 saturated heterocycles. The lowest BCUT2D eigenvalue weighted by Gasteiger charge is -2.11. The van der Waals surface area contributed by atoms with Gasteiger partial charge in [-0.3, -0.25) is 4.79 Å². The lowest BCUT2D eigenvalue weighted by atomic mass is 9.93. The molecule has 0 saturated carbocycles. The molecule has 0 spiro atoms. The van der Waals surface area contributed by atoms with Gasteiger partial charge < -0.3 is 10.5 Å². The Morgan fingerprint density at radius 3 is 2.86 bits per heavy atom. The van der Waals surface area contributed by atoms with E-state index in [9.17, 15) is 4.79 Å². The average Bonchev–Trinajstić information content (AvgIpc) is 2.70. The van der Waals surface area contributed by atoms with Gasteiger partial charge in [-0.2, -0.15) is 0 Å². The summed E-state index contributed by atoms with van der Waals surface area (Å²) in [6.07, 6.45) is 0.976. The molecular formula is C11H13NO2. The first-order valence-corrected chi connectivity index (χ1v) is 4.75. The van der Waals surface area contributed by atoms with Crippen molar-refractivity contribution in [1.29, 1.82) is 0 Å². The van der Waals surface area contributed by atoms with E-state index in [0.717, 1.165) is 18.6 Å². The highest BCUT2D eigenvalue weighted by molar-refractivity contribution is 5.94. The number of amides is 1. The number of carbonyl (C=O) groups excluding carboxylic acids is 1. The van der Waals surface area contributed by atoms with E-state index in [1.54, 1.807) is 6.07 Å². The fraction of sp³-hybridized carbons (Fsp3) is 0.364. The highest BCUT2D eigenvalue weighted by Gasteiger charge is 2.21. The van der Waals surface area contributed by atoms with E-state index < -0.39 is 0 Å². The van der Waals surface area contributed by atoms with Crippen molar-refractivity contribution in [3.63, 3.8) is 0 Å². The van der Waals surface area contributed by atoms with Crippen molar-refractivity contribution >= 4 is 5.91 Å². The summed E-state index contributed by atoms with van der Waals surface area (Å²) in [4.78, 5) is 11.2. The summed E-state index contributed by atoms with van der Waals surface area (Å²) in [5.74, 6) is -0.0220. The second-order valence-corrected chi connectivity index (χ2v) is 3.51. The van der Waals surface area contributed by atoms with E-state index in [4.69, 9.17) is 10.5 Å². The van der Waals surface area contributed by atoms with Crippen LogP contribution in [0.3, 0.4) is 0 Å². The molecule has 3 heteroatoms. The van der Waals surface area contributed by atoms with E-state index in [1.807, 2.05) is 18.2 Å². The Hall–Kier alpha value is -1.35. The van der Waals surface area contributed by atoms with Gasteiger partial charge in [0.1, 0.15) is 0 Å².